The van der Waals surface area contributed by atoms with Crippen molar-refractivity contribution in [1.29, 1.82) is 0 Å². The maximum atomic E-state index is 10.6. The fraction of sp³-hybridized carbons (Fsp3) is 0.556. The van der Waals surface area contributed by atoms with Gasteiger partial charge in [-0.1, -0.05) is 0 Å². The van der Waals surface area contributed by atoms with E-state index in [1.165, 1.54) is 22.8 Å². The minimum atomic E-state index is -0.960. The van der Waals surface area contributed by atoms with Gasteiger partial charge in [-0.25, -0.2) is 9.78 Å². The molecule has 0 unspecified atom stereocenters. The zero-order valence-corrected chi connectivity index (χ0v) is 9.74. The molecule has 15 heavy (non-hydrogen) atoms. The van der Waals surface area contributed by atoms with E-state index in [0.29, 0.717) is 6.04 Å². The Balaban J connectivity index is 1.94. The number of carbonyl (C=O) groups is 1. The summed E-state index contributed by atoms with van der Waals surface area (Å²) in [4.78, 5) is 14.6. The molecule has 82 valence electrons. The van der Waals surface area contributed by atoms with Crippen molar-refractivity contribution in [2.45, 2.75) is 18.9 Å². The van der Waals surface area contributed by atoms with E-state index in [1.807, 2.05) is 11.8 Å². The van der Waals surface area contributed by atoms with Gasteiger partial charge in [-0.05, 0) is 24.3 Å². The minimum Gasteiger partial charge on any atom is -0.476 e. The normalized spacial score (nSPS) is 17.6. The van der Waals surface area contributed by atoms with Crippen LogP contribution in [-0.4, -0.2) is 33.6 Å². The fourth-order valence-corrected chi connectivity index (χ4v) is 3.32. The lowest BCUT2D eigenvalue weighted by molar-refractivity contribution is 0.0691. The van der Waals surface area contributed by atoms with Crippen LogP contribution in [0.1, 0.15) is 23.3 Å². The quantitative estimate of drug-likeness (QED) is 0.853. The third-order valence-corrected chi connectivity index (χ3v) is 4.09. The molecule has 6 heteroatoms. The van der Waals surface area contributed by atoms with E-state index in [-0.39, 0.29) is 5.69 Å². The van der Waals surface area contributed by atoms with E-state index in [1.54, 1.807) is 5.38 Å². The predicted octanol–water partition coefficient (Wildman–Crippen LogP) is 2.15. The third kappa shape index (κ3) is 2.85. The minimum absolute atomic E-state index is 0.132. The first-order chi connectivity index (χ1) is 7.25. The highest BCUT2D eigenvalue weighted by Gasteiger charge is 2.15. The zero-order valence-electron chi connectivity index (χ0n) is 8.10. The van der Waals surface area contributed by atoms with Crippen molar-refractivity contribution in [3.63, 3.8) is 0 Å². The van der Waals surface area contributed by atoms with Gasteiger partial charge in [0.05, 0.1) is 0 Å². The Bertz CT molecular complexity index is 348. The van der Waals surface area contributed by atoms with Crippen molar-refractivity contribution in [2.75, 3.05) is 16.8 Å². The summed E-state index contributed by atoms with van der Waals surface area (Å²) < 4.78 is 0. The van der Waals surface area contributed by atoms with E-state index in [4.69, 9.17) is 5.11 Å². The van der Waals surface area contributed by atoms with Crippen LogP contribution in [0.15, 0.2) is 5.38 Å². The summed E-state index contributed by atoms with van der Waals surface area (Å²) in [6, 6.07) is 0.457. The Morgan fingerprint density at radius 2 is 2.27 bits per heavy atom. The van der Waals surface area contributed by atoms with Crippen molar-refractivity contribution in [1.82, 2.24) is 4.98 Å². The van der Waals surface area contributed by atoms with Gasteiger partial charge < -0.3 is 10.4 Å². The van der Waals surface area contributed by atoms with Crippen LogP contribution in [0.5, 0.6) is 0 Å². The van der Waals surface area contributed by atoms with Crippen molar-refractivity contribution in [3.8, 4) is 0 Å². The number of nitrogens with one attached hydrogen (secondary N) is 1. The molecule has 0 saturated carbocycles. The van der Waals surface area contributed by atoms with Crippen molar-refractivity contribution >= 4 is 34.2 Å². The van der Waals surface area contributed by atoms with Crippen LogP contribution in [-0.2, 0) is 0 Å². The van der Waals surface area contributed by atoms with Gasteiger partial charge in [0, 0.05) is 11.4 Å². The molecular weight excluding hydrogens is 232 g/mol. The van der Waals surface area contributed by atoms with E-state index in [0.717, 1.165) is 18.0 Å². The molecule has 0 spiro atoms. The Labute approximate surface area is 96.1 Å². The van der Waals surface area contributed by atoms with Crippen LogP contribution >= 0.6 is 23.1 Å². The second kappa shape index (κ2) is 4.85. The summed E-state index contributed by atoms with van der Waals surface area (Å²) in [5.41, 5.74) is 0.132. The summed E-state index contributed by atoms with van der Waals surface area (Å²) in [5.74, 6) is 1.39. The number of nitrogens with zero attached hydrogens (tertiary/aromatic N) is 1. The molecule has 1 aromatic heterocycles. The third-order valence-electron chi connectivity index (χ3n) is 2.27. The molecule has 0 bridgehead atoms. The predicted molar refractivity (Wildman–Crippen MR) is 63.0 cm³/mol. The average Bonchev–Trinajstić information content (AvgIpc) is 2.68. The van der Waals surface area contributed by atoms with Crippen LogP contribution in [0.2, 0.25) is 0 Å². The highest BCUT2D eigenvalue weighted by molar-refractivity contribution is 7.99. The van der Waals surface area contributed by atoms with E-state index in [9.17, 15) is 4.79 Å². The second-order valence-electron chi connectivity index (χ2n) is 3.37. The van der Waals surface area contributed by atoms with E-state index in [2.05, 4.69) is 10.3 Å². The lowest BCUT2D eigenvalue weighted by Gasteiger charge is -2.21. The number of thiazole rings is 1. The van der Waals surface area contributed by atoms with Gasteiger partial charge in [-0.3, -0.25) is 0 Å². The zero-order chi connectivity index (χ0) is 10.7. The number of carboxylic acids is 1. The smallest absolute Gasteiger partial charge is 0.355 e. The number of hydrogen-bond donors (Lipinski definition) is 2. The van der Waals surface area contributed by atoms with Gasteiger partial charge in [0.25, 0.3) is 0 Å². The largest absolute Gasteiger partial charge is 0.476 e. The summed E-state index contributed by atoms with van der Waals surface area (Å²) in [6.07, 6.45) is 2.26. The molecule has 0 radical (unpaired) electrons. The van der Waals surface area contributed by atoms with Gasteiger partial charge >= 0.3 is 5.97 Å². The lowest BCUT2D eigenvalue weighted by Crippen LogP contribution is -2.24. The second-order valence-corrected chi connectivity index (χ2v) is 5.46. The molecule has 0 atom stereocenters. The molecular formula is C9H12N2O2S2. The molecule has 1 fully saturated rings. The molecule has 1 aliphatic heterocycles. The summed E-state index contributed by atoms with van der Waals surface area (Å²) in [5, 5.41) is 14.3. The number of hydrogen-bond acceptors (Lipinski definition) is 5. The summed E-state index contributed by atoms with van der Waals surface area (Å²) in [7, 11) is 0. The van der Waals surface area contributed by atoms with Crippen molar-refractivity contribution in [3.05, 3.63) is 11.1 Å². The monoisotopic (exact) mass is 244 g/mol. The van der Waals surface area contributed by atoms with Crippen LogP contribution in [0, 0.1) is 0 Å². The Kier molecular flexibility index (Phi) is 3.48. The summed E-state index contributed by atoms with van der Waals surface area (Å²) >= 11 is 3.33. The Morgan fingerprint density at radius 1 is 1.53 bits per heavy atom. The Morgan fingerprint density at radius 3 is 2.87 bits per heavy atom. The first-order valence-electron chi connectivity index (χ1n) is 4.79. The van der Waals surface area contributed by atoms with Crippen LogP contribution in [0.25, 0.3) is 0 Å². The fourth-order valence-electron chi connectivity index (χ4n) is 1.45. The number of thioether (sulfide) groups is 1. The highest BCUT2D eigenvalue weighted by Crippen LogP contribution is 2.23. The van der Waals surface area contributed by atoms with Gasteiger partial charge in [0.1, 0.15) is 0 Å². The number of carboxylic acid groups (broad SMARTS) is 1. The molecule has 1 saturated heterocycles. The topological polar surface area (TPSA) is 62.2 Å². The molecule has 2 heterocycles. The molecule has 0 aliphatic carbocycles. The lowest BCUT2D eigenvalue weighted by atomic mass is 10.2. The molecule has 2 N–H and O–H groups in total. The molecule has 0 aromatic carbocycles. The number of aromatic carboxylic acids is 1. The van der Waals surface area contributed by atoms with Crippen LogP contribution in [0.3, 0.4) is 0 Å². The molecule has 2 rings (SSSR count). The average molecular weight is 244 g/mol. The van der Waals surface area contributed by atoms with Crippen molar-refractivity contribution in [2.24, 2.45) is 0 Å². The van der Waals surface area contributed by atoms with Crippen LogP contribution < -0.4 is 5.32 Å². The van der Waals surface area contributed by atoms with Gasteiger partial charge in [-0.15, -0.1) is 11.3 Å². The molecule has 1 aliphatic rings. The van der Waals surface area contributed by atoms with E-state index < -0.39 is 5.97 Å². The van der Waals surface area contributed by atoms with E-state index >= 15 is 0 Å². The van der Waals surface area contributed by atoms with Gasteiger partial charge in [0.2, 0.25) is 0 Å². The molecule has 1 aromatic rings. The number of rotatable bonds is 3. The van der Waals surface area contributed by atoms with Crippen LogP contribution in [0.4, 0.5) is 5.13 Å². The first kappa shape index (κ1) is 10.8. The molecule has 0 amide bonds. The van der Waals surface area contributed by atoms with Crippen molar-refractivity contribution < 1.29 is 9.90 Å². The summed E-state index contributed by atoms with van der Waals surface area (Å²) in [6.45, 7) is 0. The Hall–Kier alpha value is -0.750. The highest BCUT2D eigenvalue weighted by atomic mass is 32.2. The SMILES string of the molecule is O=C(O)c1csc(NC2CCSCC2)n1. The maximum absolute atomic E-state index is 10.6. The number of aromatic nitrogens is 1. The van der Waals surface area contributed by atoms with Gasteiger partial charge in [0.15, 0.2) is 10.8 Å². The first-order valence-corrected chi connectivity index (χ1v) is 6.82. The standard InChI is InChI=1S/C9H12N2O2S2/c12-8(13)7-5-15-9(11-7)10-6-1-3-14-4-2-6/h5-6H,1-4H2,(H,10,11)(H,12,13). The van der Waals surface area contributed by atoms with Gasteiger partial charge in [-0.2, -0.15) is 11.8 Å². The maximum Gasteiger partial charge on any atom is 0.355 e. The molecule has 4 nitrogen and oxygen atoms in total. The number of anilines is 1.